The average molecular weight is 515 g/mol. The SMILES string of the molecule is CC1CN(c2cc(-c3cc(F)cc(-c4ccc(-n5ccn(C)c5=O)c(Cl)c4)c3O)ccn2)CC1(F)F. The highest BCUT2D eigenvalue weighted by Gasteiger charge is 2.45. The molecular weight excluding hydrogens is 493 g/mol. The molecule has 4 aromatic rings. The summed E-state index contributed by atoms with van der Waals surface area (Å²) in [5, 5.41) is 11.3. The Morgan fingerprint density at radius 2 is 1.78 bits per heavy atom. The molecule has 0 bridgehead atoms. The second-order valence-corrected chi connectivity index (χ2v) is 9.43. The zero-order valence-electron chi connectivity index (χ0n) is 19.4. The van der Waals surface area contributed by atoms with E-state index >= 15 is 0 Å². The normalized spacial score (nSPS) is 17.1. The highest BCUT2D eigenvalue weighted by molar-refractivity contribution is 6.32. The summed E-state index contributed by atoms with van der Waals surface area (Å²) < 4.78 is 45.6. The van der Waals surface area contributed by atoms with E-state index in [9.17, 15) is 23.1 Å². The summed E-state index contributed by atoms with van der Waals surface area (Å²) in [6, 6.07) is 10.3. The van der Waals surface area contributed by atoms with E-state index < -0.39 is 24.2 Å². The third-order valence-corrected chi connectivity index (χ3v) is 6.84. The summed E-state index contributed by atoms with van der Waals surface area (Å²) >= 11 is 6.45. The summed E-state index contributed by atoms with van der Waals surface area (Å²) in [4.78, 5) is 18.0. The van der Waals surface area contributed by atoms with Crippen molar-refractivity contribution in [2.75, 3.05) is 18.0 Å². The molecule has 1 aliphatic rings. The smallest absolute Gasteiger partial charge is 0.332 e. The Kier molecular flexibility index (Phi) is 5.83. The zero-order valence-corrected chi connectivity index (χ0v) is 20.2. The lowest BCUT2D eigenvalue weighted by Gasteiger charge is -2.18. The van der Waals surface area contributed by atoms with Crippen LogP contribution in [0.2, 0.25) is 5.02 Å². The lowest BCUT2D eigenvalue weighted by atomic mass is 9.97. The Hall–Kier alpha value is -3.72. The van der Waals surface area contributed by atoms with Gasteiger partial charge in [-0.2, -0.15) is 0 Å². The molecule has 0 spiro atoms. The molecule has 1 fully saturated rings. The Morgan fingerprint density at radius 1 is 1.08 bits per heavy atom. The number of hydrogen-bond donors (Lipinski definition) is 1. The molecule has 0 saturated carbocycles. The van der Waals surface area contributed by atoms with Crippen LogP contribution in [0.15, 0.2) is 65.8 Å². The summed E-state index contributed by atoms with van der Waals surface area (Å²) in [5.74, 6) is -4.13. The molecular formula is C26H22ClF3N4O2. The largest absolute Gasteiger partial charge is 0.507 e. The molecule has 36 heavy (non-hydrogen) atoms. The summed E-state index contributed by atoms with van der Waals surface area (Å²) in [6.45, 7) is 1.17. The van der Waals surface area contributed by atoms with Crippen molar-refractivity contribution in [2.24, 2.45) is 13.0 Å². The standard InChI is InChI=1S/C26H22ClF3N4O2/c1-15-13-33(14-26(15,29)30)23-10-17(5-6-31-23)20-12-18(28)11-19(24(20)35)16-3-4-22(21(27)9-16)34-8-7-32(2)25(34)36/h3-12,15,35H,13-14H2,1-2H3. The number of imidazole rings is 1. The molecule has 0 amide bonds. The number of aryl methyl sites for hydroxylation is 1. The van der Waals surface area contributed by atoms with Gasteiger partial charge in [0.05, 0.1) is 17.3 Å². The topological polar surface area (TPSA) is 63.3 Å². The van der Waals surface area contributed by atoms with Crippen molar-refractivity contribution >= 4 is 17.4 Å². The van der Waals surface area contributed by atoms with Crippen LogP contribution < -0.4 is 10.6 Å². The van der Waals surface area contributed by atoms with Crippen LogP contribution in [0.1, 0.15) is 6.92 Å². The molecule has 10 heteroatoms. The van der Waals surface area contributed by atoms with Crippen molar-refractivity contribution in [1.82, 2.24) is 14.1 Å². The van der Waals surface area contributed by atoms with Gasteiger partial charge in [-0.05, 0) is 47.5 Å². The Balaban J connectivity index is 1.54. The van der Waals surface area contributed by atoms with Gasteiger partial charge in [0.15, 0.2) is 0 Å². The third-order valence-electron chi connectivity index (χ3n) is 6.54. The minimum absolute atomic E-state index is 0.138. The number of aromatic hydroxyl groups is 1. The average Bonchev–Trinajstić information content (AvgIpc) is 3.32. The number of halogens is 4. The molecule has 186 valence electrons. The lowest BCUT2D eigenvalue weighted by molar-refractivity contribution is -0.0138. The van der Waals surface area contributed by atoms with E-state index in [4.69, 9.17) is 11.6 Å². The van der Waals surface area contributed by atoms with Gasteiger partial charge in [0.25, 0.3) is 5.92 Å². The number of phenols is 1. The van der Waals surface area contributed by atoms with Crippen LogP contribution in [0.4, 0.5) is 19.0 Å². The third kappa shape index (κ3) is 4.13. The number of hydrogen-bond acceptors (Lipinski definition) is 4. The fraction of sp³-hybridized carbons (Fsp3) is 0.231. The van der Waals surface area contributed by atoms with Crippen LogP contribution in [0.5, 0.6) is 5.75 Å². The highest BCUT2D eigenvalue weighted by atomic mass is 35.5. The molecule has 0 aliphatic carbocycles. The minimum Gasteiger partial charge on any atom is -0.507 e. The number of phenolic OH excluding ortho intramolecular Hbond substituents is 1. The van der Waals surface area contributed by atoms with E-state index in [2.05, 4.69) is 4.98 Å². The fourth-order valence-corrected chi connectivity index (χ4v) is 4.70. The van der Waals surface area contributed by atoms with Gasteiger partial charge in [-0.25, -0.2) is 22.9 Å². The molecule has 5 rings (SSSR count). The number of aromatic nitrogens is 3. The first kappa shape index (κ1) is 24.0. The van der Waals surface area contributed by atoms with Gasteiger partial charge in [0.2, 0.25) is 0 Å². The van der Waals surface area contributed by atoms with Gasteiger partial charge < -0.3 is 14.6 Å². The zero-order chi connectivity index (χ0) is 25.8. The van der Waals surface area contributed by atoms with Crippen molar-refractivity contribution in [2.45, 2.75) is 12.8 Å². The molecule has 1 aliphatic heterocycles. The molecule has 3 heterocycles. The number of alkyl halides is 2. The van der Waals surface area contributed by atoms with E-state index in [1.807, 2.05) is 0 Å². The molecule has 0 radical (unpaired) electrons. The molecule has 1 saturated heterocycles. The van der Waals surface area contributed by atoms with Crippen LogP contribution in [-0.4, -0.2) is 38.2 Å². The van der Waals surface area contributed by atoms with Gasteiger partial charge in [0, 0.05) is 49.2 Å². The van der Waals surface area contributed by atoms with Gasteiger partial charge in [-0.3, -0.25) is 4.57 Å². The van der Waals surface area contributed by atoms with Crippen LogP contribution >= 0.6 is 11.6 Å². The van der Waals surface area contributed by atoms with Gasteiger partial charge >= 0.3 is 5.69 Å². The molecule has 1 unspecified atom stereocenters. The number of benzene rings is 2. The van der Waals surface area contributed by atoms with Crippen molar-refractivity contribution in [3.63, 3.8) is 0 Å². The molecule has 2 aromatic heterocycles. The highest BCUT2D eigenvalue weighted by Crippen LogP contribution is 2.41. The van der Waals surface area contributed by atoms with Crippen LogP contribution in [0, 0.1) is 11.7 Å². The van der Waals surface area contributed by atoms with E-state index in [1.165, 1.54) is 39.3 Å². The van der Waals surface area contributed by atoms with Crippen molar-refractivity contribution in [1.29, 1.82) is 0 Å². The van der Waals surface area contributed by atoms with Gasteiger partial charge in [-0.15, -0.1) is 0 Å². The summed E-state index contributed by atoms with van der Waals surface area (Å²) in [7, 11) is 1.62. The van der Waals surface area contributed by atoms with Crippen molar-refractivity contribution in [3.05, 3.63) is 82.4 Å². The van der Waals surface area contributed by atoms with Gasteiger partial charge in [-0.1, -0.05) is 24.6 Å². The first-order chi connectivity index (χ1) is 17.0. The molecule has 6 nitrogen and oxygen atoms in total. The van der Waals surface area contributed by atoms with Crippen LogP contribution in [0.3, 0.4) is 0 Å². The number of anilines is 1. The van der Waals surface area contributed by atoms with E-state index in [1.54, 1.807) is 49.8 Å². The predicted molar refractivity (Wildman–Crippen MR) is 133 cm³/mol. The lowest BCUT2D eigenvalue weighted by Crippen LogP contribution is -2.26. The maximum atomic E-state index is 14.7. The van der Waals surface area contributed by atoms with E-state index in [0.29, 0.717) is 22.6 Å². The maximum absolute atomic E-state index is 14.7. The second kappa shape index (κ2) is 8.74. The second-order valence-electron chi connectivity index (χ2n) is 9.02. The molecule has 1 atom stereocenters. The summed E-state index contributed by atoms with van der Waals surface area (Å²) in [6.07, 6.45) is 4.63. The number of rotatable bonds is 4. The first-order valence-corrected chi connectivity index (χ1v) is 11.6. The van der Waals surface area contributed by atoms with Crippen LogP contribution in [0.25, 0.3) is 27.9 Å². The molecule has 2 aromatic carbocycles. The summed E-state index contributed by atoms with van der Waals surface area (Å²) in [5.41, 5.74) is 1.41. The van der Waals surface area contributed by atoms with E-state index in [-0.39, 0.29) is 34.1 Å². The molecule has 1 N–H and O–H groups in total. The maximum Gasteiger partial charge on any atom is 0.332 e. The monoisotopic (exact) mass is 514 g/mol. The Morgan fingerprint density at radius 3 is 2.36 bits per heavy atom. The minimum atomic E-state index is -2.83. The van der Waals surface area contributed by atoms with Crippen LogP contribution in [-0.2, 0) is 7.05 Å². The first-order valence-electron chi connectivity index (χ1n) is 11.2. The Labute approximate surface area is 209 Å². The number of nitrogens with zero attached hydrogens (tertiary/aromatic N) is 4. The van der Waals surface area contributed by atoms with E-state index in [0.717, 1.165) is 0 Å². The van der Waals surface area contributed by atoms with Crippen molar-refractivity contribution < 1.29 is 18.3 Å². The van der Waals surface area contributed by atoms with Gasteiger partial charge in [0.1, 0.15) is 17.4 Å². The predicted octanol–water partition coefficient (Wildman–Crippen LogP) is 5.49. The quantitative estimate of drug-likeness (QED) is 0.391. The van der Waals surface area contributed by atoms with Crippen molar-refractivity contribution in [3.8, 4) is 33.7 Å². The Bertz CT molecular complexity index is 1530. The number of pyridine rings is 1. The fourth-order valence-electron chi connectivity index (χ4n) is 4.43.